The molecule has 1 N–H and O–H groups in total. The second-order valence-corrected chi connectivity index (χ2v) is 7.49. The van der Waals surface area contributed by atoms with Gasteiger partial charge in [0.15, 0.2) is 0 Å². The molecule has 1 unspecified atom stereocenters. The number of para-hydroxylation sites is 1. The van der Waals surface area contributed by atoms with Gasteiger partial charge < -0.3 is 10.2 Å². The zero-order valence-electron chi connectivity index (χ0n) is 15.1. The first-order chi connectivity index (χ1) is 12.1. The molecule has 0 radical (unpaired) electrons. The predicted octanol–water partition coefficient (Wildman–Crippen LogP) is 2.60. The third-order valence-electron chi connectivity index (χ3n) is 5.36. The van der Waals surface area contributed by atoms with Crippen molar-refractivity contribution in [1.29, 1.82) is 0 Å². The maximum Gasteiger partial charge on any atom is 0.236 e. The average molecular weight is 343 g/mol. The van der Waals surface area contributed by atoms with Gasteiger partial charge in [-0.3, -0.25) is 14.5 Å². The van der Waals surface area contributed by atoms with E-state index in [1.807, 2.05) is 35.2 Å². The fourth-order valence-corrected chi connectivity index (χ4v) is 3.88. The molecule has 2 fully saturated rings. The Morgan fingerprint density at radius 1 is 1.08 bits per heavy atom. The number of hydrogen-bond acceptors (Lipinski definition) is 3. The highest BCUT2D eigenvalue weighted by molar-refractivity contribution is 5.92. The van der Waals surface area contributed by atoms with Crippen LogP contribution >= 0.6 is 0 Å². The SMILES string of the molecule is CC1CCCN(CC(=O)N2CCC(C(=O)Nc3ccccc3)CC2)C1. The van der Waals surface area contributed by atoms with Crippen LogP contribution in [0.15, 0.2) is 30.3 Å². The van der Waals surface area contributed by atoms with Gasteiger partial charge >= 0.3 is 0 Å². The second-order valence-electron chi connectivity index (χ2n) is 7.49. The molecule has 136 valence electrons. The van der Waals surface area contributed by atoms with E-state index in [0.717, 1.165) is 31.6 Å². The van der Waals surface area contributed by atoms with E-state index in [1.165, 1.54) is 12.8 Å². The molecule has 1 aromatic carbocycles. The lowest BCUT2D eigenvalue weighted by Crippen LogP contribution is -2.47. The van der Waals surface area contributed by atoms with Crippen LogP contribution in [0.25, 0.3) is 0 Å². The van der Waals surface area contributed by atoms with Crippen LogP contribution in [0.1, 0.15) is 32.6 Å². The Hall–Kier alpha value is -1.88. The number of hydrogen-bond donors (Lipinski definition) is 1. The van der Waals surface area contributed by atoms with Gasteiger partial charge in [0.05, 0.1) is 6.54 Å². The van der Waals surface area contributed by atoms with Gasteiger partial charge in [-0.25, -0.2) is 0 Å². The van der Waals surface area contributed by atoms with Crippen LogP contribution in [0.2, 0.25) is 0 Å². The Balaban J connectivity index is 1.43. The van der Waals surface area contributed by atoms with E-state index in [2.05, 4.69) is 17.1 Å². The highest BCUT2D eigenvalue weighted by atomic mass is 16.2. The summed E-state index contributed by atoms with van der Waals surface area (Å²) in [6, 6.07) is 9.56. The standard InChI is InChI=1S/C20H29N3O2/c1-16-6-5-11-22(14-16)15-19(24)23-12-9-17(10-13-23)20(25)21-18-7-3-2-4-8-18/h2-4,7-8,16-17H,5-6,9-15H2,1H3,(H,21,25). The smallest absolute Gasteiger partial charge is 0.236 e. The van der Waals surface area contributed by atoms with Crippen molar-refractivity contribution in [3.8, 4) is 0 Å². The number of likely N-dealkylation sites (tertiary alicyclic amines) is 2. The van der Waals surface area contributed by atoms with Crippen LogP contribution in [-0.2, 0) is 9.59 Å². The van der Waals surface area contributed by atoms with E-state index >= 15 is 0 Å². The van der Waals surface area contributed by atoms with Gasteiger partial charge in [-0.15, -0.1) is 0 Å². The zero-order chi connectivity index (χ0) is 17.6. The molecule has 2 saturated heterocycles. The van der Waals surface area contributed by atoms with E-state index in [1.54, 1.807) is 0 Å². The van der Waals surface area contributed by atoms with Gasteiger partial charge in [0, 0.05) is 31.2 Å². The number of piperidine rings is 2. The van der Waals surface area contributed by atoms with Crippen LogP contribution in [0, 0.1) is 11.8 Å². The van der Waals surface area contributed by atoms with Gasteiger partial charge in [0.1, 0.15) is 0 Å². The van der Waals surface area contributed by atoms with E-state index in [-0.39, 0.29) is 17.7 Å². The lowest BCUT2D eigenvalue weighted by atomic mass is 9.95. The van der Waals surface area contributed by atoms with Crippen molar-refractivity contribution in [3.63, 3.8) is 0 Å². The van der Waals surface area contributed by atoms with Crippen LogP contribution in [-0.4, -0.2) is 54.3 Å². The third kappa shape index (κ3) is 5.05. The minimum Gasteiger partial charge on any atom is -0.342 e. The fourth-order valence-electron chi connectivity index (χ4n) is 3.88. The number of nitrogens with one attached hydrogen (secondary N) is 1. The summed E-state index contributed by atoms with van der Waals surface area (Å²) >= 11 is 0. The Morgan fingerprint density at radius 3 is 2.48 bits per heavy atom. The number of nitrogens with zero attached hydrogens (tertiary/aromatic N) is 2. The molecule has 25 heavy (non-hydrogen) atoms. The number of carbonyl (C=O) groups is 2. The Labute approximate surface area is 150 Å². The summed E-state index contributed by atoms with van der Waals surface area (Å²) in [5.74, 6) is 0.979. The lowest BCUT2D eigenvalue weighted by Gasteiger charge is -2.35. The monoisotopic (exact) mass is 343 g/mol. The van der Waals surface area contributed by atoms with Gasteiger partial charge in [0.2, 0.25) is 11.8 Å². The van der Waals surface area contributed by atoms with Crippen molar-refractivity contribution in [2.75, 3.05) is 38.0 Å². The molecule has 2 amide bonds. The van der Waals surface area contributed by atoms with E-state index in [0.29, 0.717) is 25.6 Å². The van der Waals surface area contributed by atoms with Crippen molar-refractivity contribution in [2.24, 2.45) is 11.8 Å². The highest BCUT2D eigenvalue weighted by Crippen LogP contribution is 2.21. The maximum absolute atomic E-state index is 12.5. The Bertz CT molecular complexity index is 582. The first-order valence-electron chi connectivity index (χ1n) is 9.48. The number of carbonyl (C=O) groups excluding carboxylic acids is 2. The third-order valence-corrected chi connectivity index (χ3v) is 5.36. The summed E-state index contributed by atoms with van der Waals surface area (Å²) in [7, 11) is 0. The molecule has 0 bridgehead atoms. The van der Waals surface area contributed by atoms with Crippen molar-refractivity contribution in [2.45, 2.75) is 32.6 Å². The molecule has 1 atom stereocenters. The topological polar surface area (TPSA) is 52.7 Å². The molecule has 2 aliphatic rings. The molecule has 1 aromatic rings. The van der Waals surface area contributed by atoms with Gasteiger partial charge in [0.25, 0.3) is 0 Å². The number of anilines is 1. The van der Waals surface area contributed by atoms with Gasteiger partial charge in [-0.1, -0.05) is 25.1 Å². The lowest BCUT2D eigenvalue weighted by molar-refractivity contribution is -0.135. The number of rotatable bonds is 4. The van der Waals surface area contributed by atoms with Crippen LogP contribution in [0.4, 0.5) is 5.69 Å². The molecule has 0 saturated carbocycles. The molecule has 3 rings (SSSR count). The van der Waals surface area contributed by atoms with Crippen molar-refractivity contribution < 1.29 is 9.59 Å². The predicted molar refractivity (Wildman–Crippen MR) is 99.2 cm³/mol. The maximum atomic E-state index is 12.5. The summed E-state index contributed by atoms with van der Waals surface area (Å²) in [5, 5.41) is 2.98. The van der Waals surface area contributed by atoms with Crippen molar-refractivity contribution in [1.82, 2.24) is 9.80 Å². The molecular weight excluding hydrogens is 314 g/mol. The molecule has 0 aromatic heterocycles. The molecule has 2 aliphatic heterocycles. The molecule has 0 spiro atoms. The largest absolute Gasteiger partial charge is 0.342 e. The minimum absolute atomic E-state index is 0.000681. The second kappa shape index (κ2) is 8.48. The minimum atomic E-state index is -0.000681. The van der Waals surface area contributed by atoms with Crippen LogP contribution in [0.3, 0.4) is 0 Å². The van der Waals surface area contributed by atoms with Crippen LogP contribution < -0.4 is 5.32 Å². The van der Waals surface area contributed by atoms with Crippen LogP contribution in [0.5, 0.6) is 0 Å². The number of amides is 2. The average Bonchev–Trinajstić information content (AvgIpc) is 2.62. The zero-order valence-corrected chi connectivity index (χ0v) is 15.1. The summed E-state index contributed by atoms with van der Waals surface area (Å²) in [6.45, 7) is 6.23. The quantitative estimate of drug-likeness (QED) is 0.914. The van der Waals surface area contributed by atoms with Gasteiger partial charge in [-0.05, 0) is 50.3 Å². The van der Waals surface area contributed by atoms with Crippen molar-refractivity contribution in [3.05, 3.63) is 30.3 Å². The Morgan fingerprint density at radius 2 is 1.80 bits per heavy atom. The number of benzene rings is 1. The summed E-state index contributed by atoms with van der Waals surface area (Å²) < 4.78 is 0. The summed E-state index contributed by atoms with van der Waals surface area (Å²) in [5.41, 5.74) is 0.838. The summed E-state index contributed by atoms with van der Waals surface area (Å²) in [6.07, 6.45) is 3.96. The molecule has 5 heteroatoms. The highest BCUT2D eigenvalue weighted by Gasteiger charge is 2.28. The van der Waals surface area contributed by atoms with E-state index in [4.69, 9.17) is 0 Å². The van der Waals surface area contributed by atoms with Gasteiger partial charge in [-0.2, -0.15) is 0 Å². The fraction of sp³-hybridized carbons (Fsp3) is 0.600. The van der Waals surface area contributed by atoms with E-state index in [9.17, 15) is 9.59 Å². The molecular formula is C20H29N3O2. The first kappa shape index (κ1) is 17.9. The van der Waals surface area contributed by atoms with Crippen molar-refractivity contribution >= 4 is 17.5 Å². The summed E-state index contributed by atoms with van der Waals surface area (Å²) in [4.78, 5) is 29.1. The molecule has 2 heterocycles. The Kier molecular flexibility index (Phi) is 6.08. The first-order valence-corrected chi connectivity index (χ1v) is 9.48. The molecule has 0 aliphatic carbocycles. The normalized spacial score (nSPS) is 22.6. The molecule has 5 nitrogen and oxygen atoms in total. The van der Waals surface area contributed by atoms with E-state index < -0.39 is 0 Å².